The number of hydrogen-bond donors (Lipinski definition) is 3. The van der Waals surface area contributed by atoms with Crippen molar-refractivity contribution in [3.05, 3.63) is 0 Å². The first kappa shape index (κ1) is 12.9. The largest absolute Gasteiger partial charge is 0.395 e. The SMILES string of the molecule is O=S(=O)(CC1CCCO1)NC(CO)CO. The number of nitrogens with one attached hydrogen (secondary N) is 1. The van der Waals surface area contributed by atoms with E-state index in [1.165, 1.54) is 0 Å². The van der Waals surface area contributed by atoms with E-state index in [0.717, 1.165) is 12.8 Å². The Labute approximate surface area is 89.3 Å². The van der Waals surface area contributed by atoms with E-state index in [-0.39, 0.29) is 11.9 Å². The van der Waals surface area contributed by atoms with Crippen LogP contribution in [0.3, 0.4) is 0 Å². The number of aliphatic hydroxyl groups excluding tert-OH is 2. The molecule has 1 aliphatic rings. The van der Waals surface area contributed by atoms with Crippen molar-refractivity contribution >= 4 is 10.0 Å². The lowest BCUT2D eigenvalue weighted by Crippen LogP contribution is -2.43. The molecule has 6 nitrogen and oxygen atoms in total. The highest BCUT2D eigenvalue weighted by Crippen LogP contribution is 2.13. The fourth-order valence-electron chi connectivity index (χ4n) is 1.45. The zero-order valence-electron chi connectivity index (χ0n) is 8.42. The highest BCUT2D eigenvalue weighted by molar-refractivity contribution is 7.89. The van der Waals surface area contributed by atoms with Crippen LogP contribution in [0.1, 0.15) is 12.8 Å². The molecule has 3 N–H and O–H groups in total. The minimum Gasteiger partial charge on any atom is -0.395 e. The van der Waals surface area contributed by atoms with Gasteiger partial charge in [0.2, 0.25) is 10.0 Å². The summed E-state index contributed by atoms with van der Waals surface area (Å²) in [5.74, 6) is -0.108. The third kappa shape index (κ3) is 4.43. The average Bonchev–Trinajstić information content (AvgIpc) is 2.66. The highest BCUT2D eigenvalue weighted by atomic mass is 32.2. The summed E-state index contributed by atoms with van der Waals surface area (Å²) in [5, 5.41) is 17.5. The third-order valence-electron chi connectivity index (χ3n) is 2.22. The first-order chi connectivity index (χ1) is 7.07. The van der Waals surface area contributed by atoms with Crippen LogP contribution in [-0.4, -0.2) is 56.4 Å². The number of sulfonamides is 1. The van der Waals surface area contributed by atoms with E-state index in [1.807, 2.05) is 0 Å². The first-order valence-electron chi connectivity index (χ1n) is 4.90. The summed E-state index contributed by atoms with van der Waals surface area (Å²) in [6.07, 6.45) is 1.36. The van der Waals surface area contributed by atoms with Gasteiger partial charge in [-0.1, -0.05) is 0 Å². The summed E-state index contributed by atoms with van der Waals surface area (Å²) in [6.45, 7) is -0.230. The predicted octanol–water partition coefficient (Wildman–Crippen LogP) is -1.56. The van der Waals surface area contributed by atoms with Gasteiger partial charge in [0.05, 0.1) is 31.1 Å². The Kier molecular flexibility index (Phi) is 4.94. The van der Waals surface area contributed by atoms with Gasteiger partial charge in [-0.05, 0) is 12.8 Å². The zero-order valence-corrected chi connectivity index (χ0v) is 9.24. The van der Waals surface area contributed by atoms with Crippen molar-refractivity contribution in [2.75, 3.05) is 25.6 Å². The van der Waals surface area contributed by atoms with Gasteiger partial charge in [-0.2, -0.15) is 0 Å². The monoisotopic (exact) mass is 239 g/mol. The van der Waals surface area contributed by atoms with Crippen LogP contribution in [-0.2, 0) is 14.8 Å². The van der Waals surface area contributed by atoms with Gasteiger partial charge in [-0.15, -0.1) is 0 Å². The maximum absolute atomic E-state index is 11.5. The van der Waals surface area contributed by atoms with Gasteiger partial charge in [-0.25, -0.2) is 13.1 Å². The molecule has 1 atom stereocenters. The number of rotatable bonds is 6. The molecule has 0 bridgehead atoms. The summed E-state index contributed by atoms with van der Waals surface area (Å²) in [7, 11) is -3.48. The maximum Gasteiger partial charge on any atom is 0.214 e. The zero-order chi connectivity index (χ0) is 11.3. The molecule has 0 radical (unpaired) electrons. The van der Waals surface area contributed by atoms with Crippen molar-refractivity contribution in [1.29, 1.82) is 0 Å². The predicted molar refractivity (Wildman–Crippen MR) is 53.9 cm³/mol. The second-order valence-electron chi connectivity index (χ2n) is 3.60. The van der Waals surface area contributed by atoms with Gasteiger partial charge in [0.15, 0.2) is 0 Å². The fraction of sp³-hybridized carbons (Fsp3) is 1.00. The lowest BCUT2D eigenvalue weighted by molar-refractivity contribution is 0.126. The number of ether oxygens (including phenoxy) is 1. The molecule has 1 aliphatic heterocycles. The molecule has 0 aromatic carbocycles. The molecular weight excluding hydrogens is 222 g/mol. The number of aliphatic hydroxyl groups is 2. The Morgan fingerprint density at radius 3 is 2.53 bits per heavy atom. The molecule has 0 amide bonds. The molecule has 0 aliphatic carbocycles. The van der Waals surface area contributed by atoms with Crippen molar-refractivity contribution in [3.63, 3.8) is 0 Å². The van der Waals surface area contributed by atoms with Crippen LogP contribution in [0.2, 0.25) is 0 Å². The van der Waals surface area contributed by atoms with Gasteiger partial charge in [0.1, 0.15) is 0 Å². The molecule has 15 heavy (non-hydrogen) atoms. The van der Waals surface area contributed by atoms with Gasteiger partial charge in [-0.3, -0.25) is 0 Å². The lowest BCUT2D eigenvalue weighted by Gasteiger charge is -2.15. The van der Waals surface area contributed by atoms with E-state index in [9.17, 15) is 8.42 Å². The summed E-state index contributed by atoms with van der Waals surface area (Å²) in [4.78, 5) is 0. The van der Waals surface area contributed by atoms with Crippen LogP contribution in [0.15, 0.2) is 0 Å². The Hall–Kier alpha value is -0.210. The quantitative estimate of drug-likeness (QED) is 0.521. The minimum atomic E-state index is -3.48. The average molecular weight is 239 g/mol. The Balaban J connectivity index is 2.43. The van der Waals surface area contributed by atoms with E-state index in [4.69, 9.17) is 14.9 Å². The molecular formula is C8H17NO5S. The first-order valence-corrected chi connectivity index (χ1v) is 6.56. The lowest BCUT2D eigenvalue weighted by atomic mass is 10.3. The van der Waals surface area contributed by atoms with Gasteiger partial charge < -0.3 is 14.9 Å². The van der Waals surface area contributed by atoms with Crippen LogP contribution < -0.4 is 4.72 Å². The maximum atomic E-state index is 11.5. The second-order valence-corrected chi connectivity index (χ2v) is 5.39. The van der Waals surface area contributed by atoms with Crippen LogP contribution in [0.25, 0.3) is 0 Å². The molecule has 1 fully saturated rings. The van der Waals surface area contributed by atoms with Crippen molar-refractivity contribution in [2.45, 2.75) is 25.0 Å². The van der Waals surface area contributed by atoms with Crippen molar-refractivity contribution in [3.8, 4) is 0 Å². The highest BCUT2D eigenvalue weighted by Gasteiger charge is 2.24. The van der Waals surface area contributed by atoms with Crippen LogP contribution in [0.5, 0.6) is 0 Å². The topological polar surface area (TPSA) is 95.9 Å². The molecule has 0 spiro atoms. The summed E-state index contributed by atoms with van der Waals surface area (Å²) in [6, 6.07) is -0.823. The summed E-state index contributed by atoms with van der Waals surface area (Å²) >= 11 is 0. The number of hydrogen-bond acceptors (Lipinski definition) is 5. The van der Waals surface area contributed by atoms with Crippen molar-refractivity contribution in [2.24, 2.45) is 0 Å². The molecule has 0 aromatic heterocycles. The Bertz CT molecular complexity index is 259. The molecule has 7 heteroatoms. The Morgan fingerprint density at radius 2 is 2.07 bits per heavy atom. The van der Waals surface area contributed by atoms with E-state index in [2.05, 4.69) is 4.72 Å². The van der Waals surface area contributed by atoms with E-state index in [0.29, 0.717) is 6.61 Å². The standard InChI is InChI=1S/C8H17NO5S/c10-4-7(5-11)9-15(12,13)6-8-2-1-3-14-8/h7-11H,1-6H2. The second kappa shape index (κ2) is 5.76. The molecule has 0 aromatic rings. The molecule has 1 unspecified atom stereocenters. The van der Waals surface area contributed by atoms with E-state index < -0.39 is 29.3 Å². The summed E-state index contributed by atoms with van der Waals surface area (Å²) in [5.41, 5.74) is 0. The molecule has 1 saturated heterocycles. The molecule has 1 heterocycles. The van der Waals surface area contributed by atoms with Gasteiger partial charge >= 0.3 is 0 Å². The molecule has 1 rings (SSSR count). The summed E-state index contributed by atoms with van der Waals surface area (Å²) < 4.78 is 30.4. The van der Waals surface area contributed by atoms with E-state index in [1.54, 1.807) is 0 Å². The normalized spacial score (nSPS) is 22.5. The van der Waals surface area contributed by atoms with Crippen LogP contribution in [0, 0.1) is 0 Å². The smallest absolute Gasteiger partial charge is 0.214 e. The van der Waals surface area contributed by atoms with Crippen LogP contribution >= 0.6 is 0 Å². The fourth-order valence-corrected chi connectivity index (χ4v) is 2.96. The van der Waals surface area contributed by atoms with Gasteiger partial charge in [0.25, 0.3) is 0 Å². The third-order valence-corrected chi connectivity index (χ3v) is 3.72. The Morgan fingerprint density at radius 1 is 1.40 bits per heavy atom. The van der Waals surface area contributed by atoms with Crippen molar-refractivity contribution in [1.82, 2.24) is 4.72 Å². The van der Waals surface area contributed by atoms with Crippen LogP contribution in [0.4, 0.5) is 0 Å². The molecule has 90 valence electrons. The van der Waals surface area contributed by atoms with Gasteiger partial charge in [0, 0.05) is 6.61 Å². The van der Waals surface area contributed by atoms with Crippen molar-refractivity contribution < 1.29 is 23.4 Å². The minimum absolute atomic E-state index is 0.108. The van der Waals surface area contributed by atoms with E-state index >= 15 is 0 Å². The molecule has 0 saturated carbocycles.